The SMILES string of the molecule is CC(O)CCCNC(=O)CCCNC(C)C. The summed E-state index contributed by atoms with van der Waals surface area (Å²) in [5.41, 5.74) is 0. The summed E-state index contributed by atoms with van der Waals surface area (Å²) >= 11 is 0. The lowest BCUT2D eigenvalue weighted by Crippen LogP contribution is -2.28. The lowest BCUT2D eigenvalue weighted by molar-refractivity contribution is -0.121. The van der Waals surface area contributed by atoms with Crippen molar-refractivity contribution in [2.24, 2.45) is 0 Å². The molecular weight excluding hydrogens is 204 g/mol. The van der Waals surface area contributed by atoms with Crippen LogP contribution in [0.25, 0.3) is 0 Å². The van der Waals surface area contributed by atoms with Gasteiger partial charge in [-0.15, -0.1) is 0 Å². The van der Waals surface area contributed by atoms with Gasteiger partial charge in [0.25, 0.3) is 0 Å². The molecule has 3 N–H and O–H groups in total. The van der Waals surface area contributed by atoms with Crippen LogP contribution in [0.2, 0.25) is 0 Å². The standard InChI is InChI=1S/C12H26N2O2/c1-10(2)13-8-5-7-12(16)14-9-4-6-11(3)15/h10-11,13,15H,4-9H2,1-3H3,(H,14,16). The van der Waals surface area contributed by atoms with Gasteiger partial charge in [0.1, 0.15) is 0 Å². The van der Waals surface area contributed by atoms with Gasteiger partial charge in [0.2, 0.25) is 5.91 Å². The monoisotopic (exact) mass is 230 g/mol. The number of hydrogen-bond donors (Lipinski definition) is 3. The van der Waals surface area contributed by atoms with Crippen LogP contribution in [0.5, 0.6) is 0 Å². The average molecular weight is 230 g/mol. The first kappa shape index (κ1) is 15.4. The molecule has 1 atom stereocenters. The average Bonchev–Trinajstić information content (AvgIpc) is 2.19. The van der Waals surface area contributed by atoms with E-state index in [0.717, 1.165) is 25.8 Å². The van der Waals surface area contributed by atoms with E-state index in [1.807, 2.05) is 0 Å². The van der Waals surface area contributed by atoms with Crippen LogP contribution in [0.3, 0.4) is 0 Å². The minimum absolute atomic E-state index is 0.108. The van der Waals surface area contributed by atoms with Crippen LogP contribution in [0.1, 0.15) is 46.5 Å². The Labute approximate surface area is 98.8 Å². The third-order valence-corrected chi connectivity index (χ3v) is 2.25. The molecule has 0 aromatic carbocycles. The number of aliphatic hydroxyl groups excluding tert-OH is 1. The first-order chi connectivity index (χ1) is 7.52. The van der Waals surface area contributed by atoms with E-state index in [0.29, 0.717) is 19.0 Å². The highest BCUT2D eigenvalue weighted by atomic mass is 16.3. The Morgan fingerprint density at radius 2 is 1.88 bits per heavy atom. The molecule has 0 rings (SSSR count). The third kappa shape index (κ3) is 11.5. The summed E-state index contributed by atoms with van der Waals surface area (Å²) in [6, 6.07) is 0.481. The fourth-order valence-electron chi connectivity index (χ4n) is 1.35. The highest BCUT2D eigenvalue weighted by molar-refractivity contribution is 5.75. The second kappa shape index (κ2) is 9.60. The second-order valence-electron chi connectivity index (χ2n) is 4.55. The number of nitrogens with one attached hydrogen (secondary N) is 2. The summed E-state index contributed by atoms with van der Waals surface area (Å²) in [5.74, 6) is 0.108. The van der Waals surface area contributed by atoms with Gasteiger partial charge >= 0.3 is 0 Å². The smallest absolute Gasteiger partial charge is 0.220 e. The van der Waals surface area contributed by atoms with Crippen molar-refractivity contribution in [3.05, 3.63) is 0 Å². The fraction of sp³-hybridized carbons (Fsp3) is 0.917. The minimum Gasteiger partial charge on any atom is -0.393 e. The maximum atomic E-state index is 11.3. The van der Waals surface area contributed by atoms with E-state index >= 15 is 0 Å². The summed E-state index contributed by atoms with van der Waals surface area (Å²) in [7, 11) is 0. The fourth-order valence-corrected chi connectivity index (χ4v) is 1.35. The lowest BCUT2D eigenvalue weighted by Gasteiger charge is -2.08. The van der Waals surface area contributed by atoms with Crippen LogP contribution in [-0.4, -0.2) is 36.2 Å². The van der Waals surface area contributed by atoms with E-state index in [-0.39, 0.29) is 12.0 Å². The molecule has 96 valence electrons. The number of rotatable bonds is 9. The van der Waals surface area contributed by atoms with Crippen LogP contribution in [0.15, 0.2) is 0 Å². The maximum Gasteiger partial charge on any atom is 0.220 e. The molecule has 1 unspecified atom stereocenters. The van der Waals surface area contributed by atoms with Gasteiger partial charge < -0.3 is 15.7 Å². The molecule has 0 heterocycles. The summed E-state index contributed by atoms with van der Waals surface area (Å²) < 4.78 is 0. The van der Waals surface area contributed by atoms with Crippen LogP contribution >= 0.6 is 0 Å². The van der Waals surface area contributed by atoms with Crippen molar-refractivity contribution < 1.29 is 9.90 Å². The number of aliphatic hydroxyl groups is 1. The summed E-state index contributed by atoms with van der Waals surface area (Å²) in [6.07, 6.45) is 2.77. The normalized spacial score (nSPS) is 12.8. The zero-order valence-corrected chi connectivity index (χ0v) is 10.8. The molecule has 0 saturated heterocycles. The van der Waals surface area contributed by atoms with E-state index in [1.165, 1.54) is 0 Å². The molecule has 0 aliphatic heterocycles. The molecule has 0 aromatic rings. The molecule has 0 aliphatic carbocycles. The topological polar surface area (TPSA) is 61.4 Å². The zero-order chi connectivity index (χ0) is 12.4. The van der Waals surface area contributed by atoms with Gasteiger partial charge in [-0.3, -0.25) is 4.79 Å². The summed E-state index contributed by atoms with van der Waals surface area (Å²) in [6.45, 7) is 7.51. The molecule has 0 radical (unpaired) electrons. The summed E-state index contributed by atoms with van der Waals surface area (Å²) in [5, 5.41) is 15.1. The van der Waals surface area contributed by atoms with Crippen molar-refractivity contribution >= 4 is 5.91 Å². The van der Waals surface area contributed by atoms with Gasteiger partial charge in [0.05, 0.1) is 6.10 Å². The predicted molar refractivity (Wildman–Crippen MR) is 66.3 cm³/mol. The van der Waals surface area contributed by atoms with Crippen LogP contribution in [-0.2, 0) is 4.79 Å². The largest absolute Gasteiger partial charge is 0.393 e. The van der Waals surface area contributed by atoms with Crippen LogP contribution in [0.4, 0.5) is 0 Å². The summed E-state index contributed by atoms with van der Waals surface area (Å²) in [4.78, 5) is 11.3. The molecular formula is C12H26N2O2. The van der Waals surface area contributed by atoms with Crippen molar-refractivity contribution in [2.45, 2.75) is 58.6 Å². The lowest BCUT2D eigenvalue weighted by atomic mass is 10.2. The van der Waals surface area contributed by atoms with Gasteiger partial charge in [-0.2, -0.15) is 0 Å². The van der Waals surface area contributed by atoms with Crippen LogP contribution < -0.4 is 10.6 Å². The van der Waals surface area contributed by atoms with E-state index in [9.17, 15) is 4.79 Å². The Morgan fingerprint density at radius 3 is 2.44 bits per heavy atom. The molecule has 4 heteroatoms. The number of amides is 1. The molecule has 4 nitrogen and oxygen atoms in total. The maximum absolute atomic E-state index is 11.3. The Kier molecular flexibility index (Phi) is 9.24. The second-order valence-corrected chi connectivity index (χ2v) is 4.55. The molecule has 1 amide bonds. The molecule has 0 bridgehead atoms. The molecule has 0 spiro atoms. The van der Waals surface area contributed by atoms with Crippen molar-refractivity contribution in [1.82, 2.24) is 10.6 Å². The van der Waals surface area contributed by atoms with Gasteiger partial charge in [-0.25, -0.2) is 0 Å². The van der Waals surface area contributed by atoms with Gasteiger partial charge in [0, 0.05) is 19.0 Å². The quantitative estimate of drug-likeness (QED) is 0.519. The van der Waals surface area contributed by atoms with Gasteiger partial charge in [-0.05, 0) is 32.7 Å². The zero-order valence-electron chi connectivity index (χ0n) is 10.8. The number of carbonyl (C=O) groups is 1. The Morgan fingerprint density at radius 1 is 1.19 bits per heavy atom. The van der Waals surface area contributed by atoms with Crippen molar-refractivity contribution in [3.8, 4) is 0 Å². The van der Waals surface area contributed by atoms with Gasteiger partial charge in [0.15, 0.2) is 0 Å². The first-order valence-corrected chi connectivity index (χ1v) is 6.20. The van der Waals surface area contributed by atoms with Crippen molar-refractivity contribution in [3.63, 3.8) is 0 Å². The first-order valence-electron chi connectivity index (χ1n) is 6.20. The van der Waals surface area contributed by atoms with Crippen LogP contribution in [0, 0.1) is 0 Å². The third-order valence-electron chi connectivity index (χ3n) is 2.25. The van der Waals surface area contributed by atoms with E-state index in [2.05, 4.69) is 24.5 Å². The molecule has 0 aliphatic rings. The Balaban J connectivity index is 3.25. The molecule has 16 heavy (non-hydrogen) atoms. The minimum atomic E-state index is -0.271. The van der Waals surface area contributed by atoms with E-state index < -0.39 is 0 Å². The van der Waals surface area contributed by atoms with Gasteiger partial charge in [-0.1, -0.05) is 13.8 Å². The Bertz CT molecular complexity index is 164. The highest BCUT2D eigenvalue weighted by Gasteiger charge is 2.01. The molecule has 0 aromatic heterocycles. The predicted octanol–water partition coefficient (Wildman–Crippen LogP) is 1.04. The molecule has 0 saturated carbocycles. The molecule has 0 fully saturated rings. The van der Waals surface area contributed by atoms with Crippen molar-refractivity contribution in [1.29, 1.82) is 0 Å². The number of hydrogen-bond acceptors (Lipinski definition) is 3. The van der Waals surface area contributed by atoms with E-state index in [1.54, 1.807) is 6.92 Å². The Hall–Kier alpha value is -0.610. The van der Waals surface area contributed by atoms with Crippen molar-refractivity contribution in [2.75, 3.05) is 13.1 Å². The number of carbonyl (C=O) groups excluding carboxylic acids is 1. The highest BCUT2D eigenvalue weighted by Crippen LogP contribution is 1.94. The van der Waals surface area contributed by atoms with E-state index in [4.69, 9.17) is 5.11 Å².